The van der Waals surface area contributed by atoms with Crippen molar-refractivity contribution in [3.63, 3.8) is 0 Å². The van der Waals surface area contributed by atoms with Crippen LogP contribution >= 0.6 is 0 Å². The minimum atomic E-state index is 0.0783. The molecular formula is C20H23N5O2. The Bertz CT molecular complexity index is 958. The highest BCUT2D eigenvalue weighted by molar-refractivity contribution is 5.93. The van der Waals surface area contributed by atoms with Crippen LogP contribution in [-0.2, 0) is 4.74 Å². The van der Waals surface area contributed by atoms with Crippen molar-refractivity contribution < 1.29 is 9.47 Å². The first-order valence-corrected chi connectivity index (χ1v) is 9.53. The molecule has 0 spiro atoms. The molecule has 2 aliphatic heterocycles. The monoisotopic (exact) mass is 365 g/mol. The lowest BCUT2D eigenvalue weighted by atomic mass is 10.1. The third kappa shape index (κ3) is 3.12. The van der Waals surface area contributed by atoms with Gasteiger partial charge in [0.15, 0.2) is 0 Å². The van der Waals surface area contributed by atoms with Crippen LogP contribution in [0, 0.1) is 0 Å². The number of hydrogen-bond acceptors (Lipinski definition) is 6. The Labute approximate surface area is 157 Å². The molecule has 0 aliphatic carbocycles. The largest absolute Gasteiger partial charge is 0.475 e. The second kappa shape index (κ2) is 6.49. The average molecular weight is 365 g/mol. The van der Waals surface area contributed by atoms with Crippen molar-refractivity contribution in [3.8, 4) is 17.1 Å². The molecule has 2 atom stereocenters. The van der Waals surface area contributed by atoms with Gasteiger partial charge in [-0.1, -0.05) is 0 Å². The Morgan fingerprint density at radius 2 is 2.00 bits per heavy atom. The molecule has 2 aliphatic rings. The van der Waals surface area contributed by atoms with Gasteiger partial charge < -0.3 is 14.4 Å². The zero-order valence-corrected chi connectivity index (χ0v) is 15.6. The van der Waals surface area contributed by atoms with Gasteiger partial charge in [-0.3, -0.25) is 5.10 Å². The van der Waals surface area contributed by atoms with Gasteiger partial charge >= 0.3 is 0 Å². The lowest BCUT2D eigenvalue weighted by Gasteiger charge is -2.33. The summed E-state index contributed by atoms with van der Waals surface area (Å²) in [5, 5.41) is 8.59. The number of ether oxygens (including phenoxy) is 2. The fourth-order valence-electron chi connectivity index (χ4n) is 3.96. The van der Waals surface area contributed by atoms with Crippen molar-refractivity contribution >= 4 is 16.7 Å². The topological polar surface area (TPSA) is 76.2 Å². The molecule has 3 aromatic rings. The Kier molecular flexibility index (Phi) is 3.97. The fourth-order valence-corrected chi connectivity index (χ4v) is 3.96. The Morgan fingerprint density at radius 3 is 2.78 bits per heavy atom. The van der Waals surface area contributed by atoms with Gasteiger partial charge in [-0.05, 0) is 38.8 Å². The number of nitrogens with zero attached hydrogens (tertiary/aromatic N) is 4. The van der Waals surface area contributed by atoms with Crippen LogP contribution in [0.3, 0.4) is 0 Å². The molecule has 2 saturated heterocycles. The number of aromatic nitrogens is 4. The molecule has 1 N–H and O–H groups in total. The molecule has 0 saturated carbocycles. The van der Waals surface area contributed by atoms with E-state index in [0.717, 1.165) is 53.9 Å². The highest BCUT2D eigenvalue weighted by Gasteiger charge is 2.34. The first kappa shape index (κ1) is 16.5. The molecule has 140 valence electrons. The fraction of sp³-hybridized carbons (Fsp3) is 0.450. The van der Waals surface area contributed by atoms with Gasteiger partial charge in [0.25, 0.3) is 0 Å². The summed E-state index contributed by atoms with van der Waals surface area (Å²) in [5.41, 5.74) is 2.82. The van der Waals surface area contributed by atoms with E-state index in [2.05, 4.69) is 31.1 Å². The molecule has 2 fully saturated rings. The number of hydrogen-bond donors (Lipinski definition) is 1. The van der Waals surface area contributed by atoms with Crippen molar-refractivity contribution in [3.05, 3.63) is 30.6 Å². The highest BCUT2D eigenvalue weighted by atomic mass is 16.5. The van der Waals surface area contributed by atoms with Crippen LogP contribution in [-0.4, -0.2) is 51.6 Å². The van der Waals surface area contributed by atoms with Gasteiger partial charge in [-0.25, -0.2) is 9.97 Å². The Hall–Kier alpha value is -2.67. The van der Waals surface area contributed by atoms with Crippen molar-refractivity contribution in [2.45, 2.75) is 45.0 Å². The standard InChI is InChI=1S/C20H23N5O2/c1-12(2)26-19-8-16-17(9-22-19)23-24-20(16)13-5-6-21-18(7-13)25-10-14-3-4-15(11-25)27-14/h5-9,12,14-15H,3-4,10-11H2,1-2H3,(H,23,24). The predicted molar refractivity (Wildman–Crippen MR) is 103 cm³/mol. The summed E-state index contributed by atoms with van der Waals surface area (Å²) in [4.78, 5) is 11.3. The van der Waals surface area contributed by atoms with E-state index in [-0.39, 0.29) is 6.10 Å². The molecule has 7 nitrogen and oxygen atoms in total. The number of H-pyrrole nitrogens is 1. The van der Waals surface area contributed by atoms with E-state index in [1.54, 1.807) is 6.20 Å². The number of fused-ring (bicyclic) bond motifs is 3. The van der Waals surface area contributed by atoms with E-state index in [9.17, 15) is 0 Å². The molecule has 0 amide bonds. The van der Waals surface area contributed by atoms with Gasteiger partial charge in [-0.15, -0.1) is 0 Å². The number of anilines is 1. The van der Waals surface area contributed by atoms with Gasteiger partial charge in [0.2, 0.25) is 5.88 Å². The molecule has 2 unspecified atom stereocenters. The summed E-state index contributed by atoms with van der Waals surface area (Å²) in [6.45, 7) is 5.80. The third-order valence-corrected chi connectivity index (χ3v) is 5.17. The molecule has 7 heteroatoms. The van der Waals surface area contributed by atoms with Crippen molar-refractivity contribution in [1.82, 2.24) is 20.2 Å². The molecular weight excluding hydrogens is 342 g/mol. The highest BCUT2D eigenvalue weighted by Crippen LogP contribution is 2.32. The molecule has 5 rings (SSSR count). The summed E-state index contributed by atoms with van der Waals surface area (Å²) < 4.78 is 11.7. The van der Waals surface area contributed by atoms with Gasteiger partial charge in [0.05, 0.1) is 30.0 Å². The van der Waals surface area contributed by atoms with Crippen LogP contribution in [0.15, 0.2) is 30.6 Å². The summed E-state index contributed by atoms with van der Waals surface area (Å²) in [5.74, 6) is 1.59. The van der Waals surface area contributed by atoms with Gasteiger partial charge in [0.1, 0.15) is 11.5 Å². The lowest BCUT2D eigenvalue weighted by Crippen LogP contribution is -2.43. The zero-order chi connectivity index (χ0) is 18.4. The van der Waals surface area contributed by atoms with Crippen molar-refractivity contribution in [2.24, 2.45) is 0 Å². The Balaban J connectivity index is 1.49. The number of rotatable bonds is 4. The van der Waals surface area contributed by atoms with Crippen LogP contribution in [0.2, 0.25) is 0 Å². The van der Waals surface area contributed by atoms with E-state index in [4.69, 9.17) is 9.47 Å². The maximum Gasteiger partial charge on any atom is 0.214 e. The van der Waals surface area contributed by atoms with E-state index < -0.39 is 0 Å². The molecule has 27 heavy (non-hydrogen) atoms. The first-order valence-electron chi connectivity index (χ1n) is 9.53. The van der Waals surface area contributed by atoms with E-state index in [1.165, 1.54) is 0 Å². The number of pyridine rings is 2. The normalized spacial score (nSPS) is 22.0. The van der Waals surface area contributed by atoms with Gasteiger partial charge in [-0.2, -0.15) is 5.10 Å². The smallest absolute Gasteiger partial charge is 0.214 e. The van der Waals surface area contributed by atoms with Gasteiger partial charge in [0, 0.05) is 36.3 Å². The maximum absolute atomic E-state index is 5.95. The van der Waals surface area contributed by atoms with Crippen LogP contribution in [0.5, 0.6) is 5.88 Å². The SMILES string of the molecule is CC(C)Oc1cc2c(-c3ccnc(N4CC5CCC(C4)O5)c3)n[nH]c2cn1. The Morgan fingerprint density at radius 1 is 1.19 bits per heavy atom. The quantitative estimate of drug-likeness (QED) is 0.765. The average Bonchev–Trinajstić information content (AvgIpc) is 3.23. The zero-order valence-electron chi connectivity index (χ0n) is 15.6. The van der Waals surface area contributed by atoms with E-state index in [0.29, 0.717) is 18.1 Å². The molecule has 0 aromatic carbocycles. The van der Waals surface area contributed by atoms with Crippen LogP contribution in [0.4, 0.5) is 5.82 Å². The number of morpholine rings is 1. The second-order valence-electron chi connectivity index (χ2n) is 7.57. The van der Waals surface area contributed by atoms with Crippen LogP contribution < -0.4 is 9.64 Å². The summed E-state index contributed by atoms with van der Waals surface area (Å²) in [6.07, 6.45) is 6.67. The molecule has 0 radical (unpaired) electrons. The number of aromatic amines is 1. The minimum Gasteiger partial charge on any atom is -0.475 e. The molecule has 5 heterocycles. The second-order valence-corrected chi connectivity index (χ2v) is 7.57. The lowest BCUT2D eigenvalue weighted by molar-refractivity contribution is 0.0302. The first-order chi connectivity index (χ1) is 13.2. The summed E-state index contributed by atoms with van der Waals surface area (Å²) in [6, 6.07) is 6.06. The van der Waals surface area contributed by atoms with E-state index in [1.807, 2.05) is 32.2 Å². The minimum absolute atomic E-state index is 0.0783. The van der Waals surface area contributed by atoms with Crippen molar-refractivity contribution in [2.75, 3.05) is 18.0 Å². The van der Waals surface area contributed by atoms with E-state index >= 15 is 0 Å². The number of nitrogens with one attached hydrogen (secondary N) is 1. The summed E-state index contributed by atoms with van der Waals surface area (Å²) >= 11 is 0. The van der Waals surface area contributed by atoms with Crippen LogP contribution in [0.25, 0.3) is 22.2 Å². The third-order valence-electron chi connectivity index (χ3n) is 5.17. The maximum atomic E-state index is 5.95. The van der Waals surface area contributed by atoms with Crippen LogP contribution in [0.1, 0.15) is 26.7 Å². The summed E-state index contributed by atoms with van der Waals surface area (Å²) in [7, 11) is 0. The predicted octanol–water partition coefficient (Wildman–Crippen LogP) is 3.17. The molecule has 2 bridgehead atoms. The molecule has 3 aromatic heterocycles. The van der Waals surface area contributed by atoms with Crippen molar-refractivity contribution in [1.29, 1.82) is 0 Å².